The lowest BCUT2D eigenvalue weighted by Gasteiger charge is -2.04. The van der Waals surface area contributed by atoms with Crippen molar-refractivity contribution in [2.75, 3.05) is 0 Å². The molecule has 0 amide bonds. The van der Waals surface area contributed by atoms with Gasteiger partial charge in [-0.25, -0.2) is 0 Å². The summed E-state index contributed by atoms with van der Waals surface area (Å²) in [5.41, 5.74) is 0.862. The van der Waals surface area contributed by atoms with Crippen molar-refractivity contribution in [3.63, 3.8) is 0 Å². The predicted molar refractivity (Wildman–Crippen MR) is 111 cm³/mol. The van der Waals surface area contributed by atoms with Gasteiger partial charge in [0, 0.05) is 10.6 Å². The monoisotopic (exact) mass is 410 g/mol. The highest BCUT2D eigenvalue weighted by Crippen LogP contribution is 2.23. The Kier molecular flexibility index (Phi) is 4.90. The molecule has 0 radical (unpaired) electrons. The molecular weight excluding hydrogens is 396 g/mol. The molecule has 0 aliphatic carbocycles. The summed E-state index contributed by atoms with van der Waals surface area (Å²) in [5, 5.41) is 6.26. The van der Waals surface area contributed by atoms with Crippen molar-refractivity contribution in [2.45, 2.75) is 4.90 Å². The van der Waals surface area contributed by atoms with Crippen LogP contribution in [0.15, 0.2) is 93.3 Å². The summed E-state index contributed by atoms with van der Waals surface area (Å²) in [4.78, 5) is 2.35. The second kappa shape index (κ2) is 7.50. The molecule has 0 aliphatic heterocycles. The summed E-state index contributed by atoms with van der Waals surface area (Å²) in [7, 11) is -3.78. The maximum absolute atomic E-state index is 12.5. The van der Waals surface area contributed by atoms with Crippen molar-refractivity contribution >= 4 is 38.6 Å². The van der Waals surface area contributed by atoms with Crippen molar-refractivity contribution in [1.29, 1.82) is 0 Å². The smallest absolute Gasteiger partial charge is 0.276 e. The van der Waals surface area contributed by atoms with Gasteiger partial charge < -0.3 is 4.42 Å². The highest BCUT2D eigenvalue weighted by molar-refractivity contribution is 7.89. The van der Waals surface area contributed by atoms with E-state index in [-0.39, 0.29) is 4.90 Å². The Balaban J connectivity index is 1.50. The summed E-state index contributed by atoms with van der Waals surface area (Å²) >= 11 is 5.88. The zero-order valence-corrected chi connectivity index (χ0v) is 16.1. The first kappa shape index (κ1) is 18.3. The predicted octanol–water partition coefficient (Wildman–Crippen LogP) is 5.07. The molecule has 28 heavy (non-hydrogen) atoms. The van der Waals surface area contributed by atoms with Gasteiger partial charge in [0.05, 0.1) is 11.1 Å². The zero-order valence-electron chi connectivity index (χ0n) is 14.5. The number of benzene rings is 3. The van der Waals surface area contributed by atoms with Gasteiger partial charge in [-0.3, -0.25) is 0 Å². The van der Waals surface area contributed by atoms with E-state index in [0.717, 1.165) is 16.3 Å². The van der Waals surface area contributed by atoms with Crippen molar-refractivity contribution < 1.29 is 12.8 Å². The Morgan fingerprint density at radius 3 is 2.43 bits per heavy atom. The summed E-state index contributed by atoms with van der Waals surface area (Å²) in [5.74, 6) is 1.06. The molecule has 0 fully saturated rings. The van der Waals surface area contributed by atoms with Crippen LogP contribution < -0.4 is 4.83 Å². The third-order valence-electron chi connectivity index (χ3n) is 4.15. The minimum atomic E-state index is -3.78. The van der Waals surface area contributed by atoms with Crippen LogP contribution in [0.4, 0.5) is 0 Å². The van der Waals surface area contributed by atoms with Crippen LogP contribution in [0.2, 0.25) is 5.02 Å². The van der Waals surface area contributed by atoms with Crippen LogP contribution in [0.25, 0.3) is 22.1 Å². The van der Waals surface area contributed by atoms with Crippen molar-refractivity contribution in [3.8, 4) is 11.3 Å². The second-order valence-electron chi connectivity index (χ2n) is 6.07. The fourth-order valence-electron chi connectivity index (χ4n) is 2.74. The van der Waals surface area contributed by atoms with E-state index in [1.54, 1.807) is 42.5 Å². The lowest BCUT2D eigenvalue weighted by molar-refractivity contribution is 0.573. The zero-order chi connectivity index (χ0) is 19.6. The highest BCUT2D eigenvalue weighted by atomic mass is 35.5. The fraction of sp³-hybridized carbons (Fsp3) is 0. The largest absolute Gasteiger partial charge is 0.455 e. The molecule has 1 aromatic heterocycles. The Labute approximate surface area is 167 Å². The molecule has 0 unspecified atom stereocenters. The standard InChI is InChI=1S/C21H15ClN2O3S/c22-18-8-5-16(6-9-18)21-12-10-19(27-21)14-23-24-28(25,26)20-11-7-15-3-1-2-4-17(15)13-20/h1-14,24H/b23-14-. The average Bonchev–Trinajstić information content (AvgIpc) is 3.17. The molecule has 0 aliphatic rings. The van der Waals surface area contributed by atoms with Gasteiger partial charge in [-0.1, -0.05) is 41.9 Å². The summed E-state index contributed by atoms with van der Waals surface area (Å²) in [6.07, 6.45) is 1.32. The number of nitrogens with one attached hydrogen (secondary N) is 1. The first-order valence-corrected chi connectivity index (χ1v) is 10.3. The molecule has 3 aromatic carbocycles. The SMILES string of the molecule is O=S(=O)(N/N=C\c1ccc(-c2ccc(Cl)cc2)o1)c1ccc2ccccc2c1. The van der Waals surface area contributed by atoms with Crippen LogP contribution >= 0.6 is 11.6 Å². The summed E-state index contributed by atoms with van der Waals surface area (Å²) in [6, 6.07) is 23.2. The van der Waals surface area contributed by atoms with Gasteiger partial charge in [0.2, 0.25) is 0 Å². The summed E-state index contributed by atoms with van der Waals surface area (Å²) in [6.45, 7) is 0. The van der Waals surface area contributed by atoms with Gasteiger partial charge in [0.15, 0.2) is 0 Å². The molecule has 0 saturated heterocycles. The van der Waals surface area contributed by atoms with E-state index in [4.69, 9.17) is 16.0 Å². The first-order chi connectivity index (χ1) is 13.5. The number of sulfonamides is 1. The van der Waals surface area contributed by atoms with E-state index < -0.39 is 10.0 Å². The molecule has 1 heterocycles. The third kappa shape index (κ3) is 3.93. The van der Waals surface area contributed by atoms with Gasteiger partial charge in [0.25, 0.3) is 10.0 Å². The van der Waals surface area contributed by atoms with Crippen LogP contribution in [0, 0.1) is 0 Å². The molecule has 7 heteroatoms. The highest BCUT2D eigenvalue weighted by Gasteiger charge is 2.13. The minimum absolute atomic E-state index is 0.143. The lowest BCUT2D eigenvalue weighted by atomic mass is 10.1. The molecule has 4 rings (SSSR count). The number of hydrogen-bond acceptors (Lipinski definition) is 4. The van der Waals surface area contributed by atoms with E-state index in [1.807, 2.05) is 36.4 Å². The number of furan rings is 1. The van der Waals surface area contributed by atoms with Gasteiger partial charge in [0.1, 0.15) is 11.5 Å². The molecular formula is C21H15ClN2O3S. The Morgan fingerprint density at radius 1 is 0.893 bits per heavy atom. The van der Waals surface area contributed by atoms with Gasteiger partial charge in [-0.15, -0.1) is 0 Å². The van der Waals surface area contributed by atoms with E-state index in [2.05, 4.69) is 9.93 Å². The van der Waals surface area contributed by atoms with Gasteiger partial charge >= 0.3 is 0 Å². The van der Waals surface area contributed by atoms with Crippen molar-refractivity contribution in [1.82, 2.24) is 4.83 Å². The van der Waals surface area contributed by atoms with E-state index in [0.29, 0.717) is 16.5 Å². The van der Waals surface area contributed by atoms with Crippen LogP contribution in [0.1, 0.15) is 5.76 Å². The van der Waals surface area contributed by atoms with E-state index in [1.165, 1.54) is 6.21 Å². The van der Waals surface area contributed by atoms with Crippen molar-refractivity contribution in [3.05, 3.63) is 89.6 Å². The molecule has 140 valence electrons. The number of fused-ring (bicyclic) bond motifs is 1. The molecule has 0 spiro atoms. The Bertz CT molecular complexity index is 1260. The van der Waals surface area contributed by atoms with Gasteiger partial charge in [-0.2, -0.15) is 18.4 Å². The number of hydrogen-bond donors (Lipinski definition) is 1. The molecule has 4 aromatic rings. The molecule has 1 N–H and O–H groups in total. The number of rotatable bonds is 5. The van der Waals surface area contributed by atoms with Crippen LogP contribution in [-0.2, 0) is 10.0 Å². The number of halogens is 1. The molecule has 0 bridgehead atoms. The lowest BCUT2D eigenvalue weighted by Crippen LogP contribution is -2.18. The Hall–Kier alpha value is -3.09. The Morgan fingerprint density at radius 2 is 1.64 bits per heavy atom. The van der Waals surface area contributed by atoms with Crippen LogP contribution in [-0.4, -0.2) is 14.6 Å². The minimum Gasteiger partial charge on any atom is -0.455 e. The van der Waals surface area contributed by atoms with E-state index in [9.17, 15) is 8.42 Å². The molecule has 5 nitrogen and oxygen atoms in total. The van der Waals surface area contributed by atoms with E-state index >= 15 is 0 Å². The normalized spacial score (nSPS) is 11.9. The number of hydrazone groups is 1. The third-order valence-corrected chi connectivity index (χ3v) is 5.62. The second-order valence-corrected chi connectivity index (χ2v) is 8.17. The van der Waals surface area contributed by atoms with Crippen LogP contribution in [0.3, 0.4) is 0 Å². The first-order valence-electron chi connectivity index (χ1n) is 8.41. The fourth-order valence-corrected chi connectivity index (χ4v) is 3.69. The quantitative estimate of drug-likeness (QED) is 0.369. The average molecular weight is 411 g/mol. The van der Waals surface area contributed by atoms with Crippen LogP contribution in [0.5, 0.6) is 0 Å². The number of nitrogens with zero attached hydrogens (tertiary/aromatic N) is 1. The molecule has 0 atom stereocenters. The molecule has 0 saturated carbocycles. The van der Waals surface area contributed by atoms with Gasteiger partial charge in [-0.05, 0) is 59.3 Å². The van der Waals surface area contributed by atoms with Crippen molar-refractivity contribution in [2.24, 2.45) is 5.10 Å². The maximum atomic E-state index is 12.5. The topological polar surface area (TPSA) is 71.7 Å². The summed E-state index contributed by atoms with van der Waals surface area (Å²) < 4.78 is 30.6. The maximum Gasteiger partial charge on any atom is 0.276 e.